The molecular weight excluding hydrogens is 699 g/mol. The zero-order chi connectivity index (χ0) is 38.5. The van der Waals surface area contributed by atoms with Gasteiger partial charge in [-0.15, -0.1) is 5.10 Å². The minimum atomic E-state index is -0.377. The monoisotopic (exact) mass is 741 g/mol. The lowest BCUT2D eigenvalue weighted by Gasteiger charge is -2.12. The van der Waals surface area contributed by atoms with Crippen molar-refractivity contribution in [2.45, 2.75) is 53.4 Å². The number of rotatable bonds is 15. The molecule has 0 saturated carbocycles. The molecule has 0 unspecified atom stereocenters. The summed E-state index contributed by atoms with van der Waals surface area (Å²) >= 11 is 0. The van der Waals surface area contributed by atoms with Crippen LogP contribution in [0, 0.1) is 13.8 Å². The molecule has 0 spiro atoms. The number of methoxy groups -OCH3 is 3. The van der Waals surface area contributed by atoms with Gasteiger partial charge in [0.25, 0.3) is 11.9 Å². The van der Waals surface area contributed by atoms with Crippen molar-refractivity contribution in [3.05, 3.63) is 119 Å². The van der Waals surface area contributed by atoms with Crippen molar-refractivity contribution in [2.24, 2.45) is 0 Å². The maximum Gasteiger partial charge on any atom is 0.272 e. The molecule has 4 heterocycles. The minimum Gasteiger partial charge on any atom is -0.497 e. The number of benzene rings is 3. The number of carbonyl (C=O) groups excluding carboxylic acids is 1. The number of amides is 1. The van der Waals surface area contributed by atoms with Crippen LogP contribution in [-0.2, 0) is 26.2 Å². The summed E-state index contributed by atoms with van der Waals surface area (Å²) in [4.78, 5) is 23.6. The van der Waals surface area contributed by atoms with Crippen LogP contribution in [-0.4, -0.2) is 66.5 Å². The molecule has 0 saturated heterocycles. The summed E-state index contributed by atoms with van der Waals surface area (Å²) in [6.07, 6.45) is 2.52. The van der Waals surface area contributed by atoms with Crippen molar-refractivity contribution in [3.63, 3.8) is 0 Å². The van der Waals surface area contributed by atoms with E-state index in [1.165, 1.54) is 0 Å². The van der Waals surface area contributed by atoms with E-state index in [1.54, 1.807) is 38.3 Å². The number of pyridine rings is 1. The smallest absolute Gasteiger partial charge is 0.272 e. The fourth-order valence-corrected chi connectivity index (χ4v) is 6.36. The normalized spacial score (nSPS) is 11.2. The molecule has 0 fully saturated rings. The van der Waals surface area contributed by atoms with E-state index in [2.05, 4.69) is 17.2 Å². The second-order valence-electron chi connectivity index (χ2n) is 13.0. The third-order valence-corrected chi connectivity index (χ3v) is 9.14. The molecule has 14 heteroatoms. The van der Waals surface area contributed by atoms with Crippen LogP contribution in [0.5, 0.6) is 23.0 Å². The number of ether oxygens (including phenoxy) is 4. The van der Waals surface area contributed by atoms with Gasteiger partial charge in [-0.25, -0.2) is 4.68 Å². The lowest BCUT2D eigenvalue weighted by atomic mass is 10.1. The number of hydrogen-bond acceptors (Lipinski definition) is 10. The van der Waals surface area contributed by atoms with Crippen molar-refractivity contribution >= 4 is 16.8 Å². The Labute approximate surface area is 318 Å². The highest BCUT2D eigenvalue weighted by Gasteiger charge is 2.27. The van der Waals surface area contributed by atoms with Crippen LogP contribution < -0.4 is 24.3 Å². The summed E-state index contributed by atoms with van der Waals surface area (Å²) in [5.41, 5.74) is 5.72. The molecule has 14 nitrogen and oxygen atoms in total. The van der Waals surface area contributed by atoms with Gasteiger partial charge in [0.15, 0.2) is 17.3 Å². The lowest BCUT2D eigenvalue weighted by molar-refractivity contribution is 0.0947. The van der Waals surface area contributed by atoms with Gasteiger partial charge in [-0.2, -0.15) is 19.9 Å². The highest BCUT2D eigenvalue weighted by atomic mass is 16.5. The number of hydrogen-bond donors (Lipinski definition) is 1. The van der Waals surface area contributed by atoms with Crippen molar-refractivity contribution in [3.8, 4) is 40.5 Å². The van der Waals surface area contributed by atoms with Crippen LogP contribution in [0.3, 0.4) is 0 Å². The van der Waals surface area contributed by atoms with Gasteiger partial charge in [0, 0.05) is 35.8 Å². The Kier molecular flexibility index (Phi) is 10.7. The Balaban J connectivity index is 1.32. The van der Waals surface area contributed by atoms with Gasteiger partial charge in [0.1, 0.15) is 35.2 Å². The van der Waals surface area contributed by atoms with Crippen LogP contribution in [0.15, 0.2) is 85.1 Å². The molecule has 3 aromatic carbocycles. The average Bonchev–Trinajstić information content (AvgIpc) is 3.89. The van der Waals surface area contributed by atoms with Crippen LogP contribution in [0.1, 0.15) is 51.9 Å². The van der Waals surface area contributed by atoms with Crippen molar-refractivity contribution in [1.82, 2.24) is 44.6 Å². The number of aromatic nitrogens is 8. The molecule has 55 heavy (non-hydrogen) atoms. The van der Waals surface area contributed by atoms with Gasteiger partial charge in [-0.05, 0) is 61.7 Å². The van der Waals surface area contributed by atoms with Gasteiger partial charge in [-0.1, -0.05) is 49.4 Å². The van der Waals surface area contributed by atoms with E-state index in [-0.39, 0.29) is 24.1 Å². The van der Waals surface area contributed by atoms with E-state index in [0.29, 0.717) is 59.4 Å². The first kappa shape index (κ1) is 36.6. The number of aryl methyl sites for hydroxylation is 3. The van der Waals surface area contributed by atoms with E-state index < -0.39 is 0 Å². The first-order valence-electron chi connectivity index (χ1n) is 18.0. The number of carbonyl (C=O) groups is 1. The molecular formula is C41H43N9O5. The summed E-state index contributed by atoms with van der Waals surface area (Å²) in [6.45, 7) is 7.46. The molecule has 7 rings (SSSR count). The number of nitrogens with zero attached hydrogens (tertiary/aromatic N) is 8. The number of fused-ring (bicyclic) bond motifs is 1. The van der Waals surface area contributed by atoms with E-state index in [0.717, 1.165) is 40.2 Å². The fourth-order valence-electron chi connectivity index (χ4n) is 6.36. The van der Waals surface area contributed by atoms with Gasteiger partial charge >= 0.3 is 0 Å². The predicted octanol–water partition coefficient (Wildman–Crippen LogP) is 6.49. The molecule has 0 aliphatic rings. The molecule has 0 atom stereocenters. The molecule has 0 aliphatic heterocycles. The summed E-state index contributed by atoms with van der Waals surface area (Å²) in [6, 6.07) is 25.1. The molecule has 282 valence electrons. The summed E-state index contributed by atoms with van der Waals surface area (Å²) in [5, 5.41) is 18.4. The van der Waals surface area contributed by atoms with E-state index in [4.69, 9.17) is 39.2 Å². The second kappa shape index (κ2) is 16.1. The summed E-state index contributed by atoms with van der Waals surface area (Å²) in [5.74, 6) is 3.02. The van der Waals surface area contributed by atoms with Crippen LogP contribution >= 0.6 is 0 Å². The van der Waals surface area contributed by atoms with Gasteiger partial charge < -0.3 is 24.3 Å². The lowest BCUT2D eigenvalue weighted by Crippen LogP contribution is -2.24. The topological polar surface area (TPSA) is 145 Å². The largest absolute Gasteiger partial charge is 0.497 e. The molecule has 7 aromatic rings. The Bertz CT molecular complexity index is 2430. The van der Waals surface area contributed by atoms with Crippen LogP contribution in [0.25, 0.3) is 28.4 Å². The Hall–Kier alpha value is -6.70. The summed E-state index contributed by atoms with van der Waals surface area (Å²) in [7, 11) is 4.81. The maximum absolute atomic E-state index is 13.9. The van der Waals surface area contributed by atoms with Crippen molar-refractivity contribution in [1.29, 1.82) is 0 Å². The molecule has 0 bridgehead atoms. The van der Waals surface area contributed by atoms with E-state index in [9.17, 15) is 4.79 Å². The van der Waals surface area contributed by atoms with E-state index in [1.807, 2.05) is 96.0 Å². The first-order valence-corrected chi connectivity index (χ1v) is 18.0. The average molecular weight is 742 g/mol. The van der Waals surface area contributed by atoms with Crippen LogP contribution in [0.4, 0.5) is 0 Å². The Morgan fingerprint density at radius 3 is 2.31 bits per heavy atom. The quantitative estimate of drug-likeness (QED) is 0.124. The predicted molar refractivity (Wildman–Crippen MR) is 207 cm³/mol. The second-order valence-corrected chi connectivity index (χ2v) is 13.0. The van der Waals surface area contributed by atoms with Crippen molar-refractivity contribution < 1.29 is 23.7 Å². The standard InChI is InChI=1S/C41H43N9O5/c1-7-19-48-37(38(27(3)45-48)55-25-29-11-9-8-10-12-29)39-44-41(47-49(39)24-28-13-16-31(52-4)17-14-28)50-34-23-42-26(2)20-33(34)36(46-50)40(51)43-22-30-15-18-32(53-5)21-35(30)54-6/h8-18,20-21,23H,7,19,22,24-25H2,1-6H3,(H,43,51). The third-order valence-electron chi connectivity index (χ3n) is 9.14. The molecule has 0 aliphatic carbocycles. The summed E-state index contributed by atoms with van der Waals surface area (Å²) < 4.78 is 28.1. The third kappa shape index (κ3) is 7.70. The Morgan fingerprint density at radius 1 is 0.818 bits per heavy atom. The molecule has 4 aromatic heterocycles. The SMILES string of the molecule is CCCn1nc(C)c(OCc2ccccc2)c1-c1nc(-n2nc(C(=O)NCc3ccc(OC)cc3OC)c3cc(C)ncc32)nn1Cc1ccc(OC)cc1. The number of nitrogens with one attached hydrogen (secondary N) is 1. The van der Waals surface area contributed by atoms with Gasteiger partial charge in [0.2, 0.25) is 0 Å². The van der Waals surface area contributed by atoms with E-state index >= 15 is 0 Å². The highest BCUT2D eigenvalue weighted by Crippen LogP contribution is 2.35. The molecule has 1 N–H and O–H groups in total. The fraction of sp³-hybridized carbons (Fsp3) is 0.268. The first-order chi connectivity index (χ1) is 26.8. The molecule has 1 amide bonds. The van der Waals surface area contributed by atoms with Gasteiger partial charge in [-0.3, -0.25) is 14.5 Å². The highest BCUT2D eigenvalue weighted by molar-refractivity contribution is 6.05. The maximum atomic E-state index is 13.9. The molecule has 0 radical (unpaired) electrons. The Morgan fingerprint density at radius 2 is 1.58 bits per heavy atom. The minimum absolute atomic E-state index is 0.204. The zero-order valence-corrected chi connectivity index (χ0v) is 31.7. The van der Waals surface area contributed by atoms with Crippen molar-refractivity contribution in [2.75, 3.05) is 21.3 Å². The zero-order valence-electron chi connectivity index (χ0n) is 31.7. The van der Waals surface area contributed by atoms with Crippen LogP contribution in [0.2, 0.25) is 0 Å². The van der Waals surface area contributed by atoms with Gasteiger partial charge in [0.05, 0.1) is 39.6 Å².